The summed E-state index contributed by atoms with van der Waals surface area (Å²) in [6.45, 7) is 9.05. The Hall–Kier alpha value is -3.36. The number of nitrogens with zero attached hydrogens (tertiary/aromatic N) is 5. The van der Waals surface area contributed by atoms with Crippen LogP contribution in [0.3, 0.4) is 0 Å². The van der Waals surface area contributed by atoms with Gasteiger partial charge in [0.25, 0.3) is 5.56 Å². The average Bonchev–Trinajstić information content (AvgIpc) is 3.58. The van der Waals surface area contributed by atoms with Crippen LogP contribution in [-0.2, 0) is 24.2 Å². The molecular formula is C29H36N6O2. The lowest BCUT2D eigenvalue weighted by Gasteiger charge is -2.32. The van der Waals surface area contributed by atoms with Gasteiger partial charge < -0.3 is 9.72 Å². The fraction of sp³-hybridized carbons (Fsp3) is 0.448. The Bertz CT molecular complexity index is 1390. The first-order chi connectivity index (χ1) is 18.0. The maximum absolute atomic E-state index is 13.2. The van der Waals surface area contributed by atoms with Crippen molar-refractivity contribution in [3.8, 4) is 0 Å². The highest BCUT2D eigenvalue weighted by Crippen LogP contribution is 2.27. The van der Waals surface area contributed by atoms with Crippen LogP contribution in [0, 0.1) is 13.8 Å². The van der Waals surface area contributed by atoms with E-state index in [1.54, 1.807) is 0 Å². The minimum Gasteiger partial charge on any atom is -0.377 e. The van der Waals surface area contributed by atoms with Crippen molar-refractivity contribution in [2.45, 2.75) is 71.7 Å². The second-order valence-corrected chi connectivity index (χ2v) is 10.1. The quantitative estimate of drug-likeness (QED) is 0.345. The summed E-state index contributed by atoms with van der Waals surface area (Å²) in [5, 5.41) is 13.9. The number of H-pyrrole nitrogens is 1. The summed E-state index contributed by atoms with van der Waals surface area (Å²) in [5.74, 6) is 0.833. The zero-order valence-corrected chi connectivity index (χ0v) is 22.0. The molecule has 0 spiro atoms. The van der Waals surface area contributed by atoms with Crippen molar-refractivity contribution in [1.29, 1.82) is 0 Å². The van der Waals surface area contributed by atoms with E-state index >= 15 is 0 Å². The Kier molecular flexibility index (Phi) is 7.76. The van der Waals surface area contributed by atoms with Crippen LogP contribution in [0.4, 0.5) is 0 Å². The molecule has 2 aromatic carbocycles. The second kappa shape index (κ2) is 11.4. The SMILES string of the molecule is CC[C@@H](c1nnnn1CCc1ccccc1)N(Cc1cc2cc(C)c(C)cc2[nH]c1=O)C[C@@H]1CCCO1. The number of aryl methyl sites for hydroxylation is 4. The highest BCUT2D eigenvalue weighted by Gasteiger charge is 2.29. The highest BCUT2D eigenvalue weighted by atomic mass is 16.5. The zero-order chi connectivity index (χ0) is 25.8. The van der Waals surface area contributed by atoms with Gasteiger partial charge in [-0.1, -0.05) is 37.3 Å². The maximum atomic E-state index is 13.2. The van der Waals surface area contributed by atoms with Gasteiger partial charge in [-0.2, -0.15) is 0 Å². The fourth-order valence-corrected chi connectivity index (χ4v) is 5.30. The van der Waals surface area contributed by atoms with Crippen molar-refractivity contribution in [3.63, 3.8) is 0 Å². The molecule has 0 unspecified atom stereocenters. The molecule has 0 aliphatic carbocycles. The van der Waals surface area contributed by atoms with Crippen LogP contribution >= 0.6 is 0 Å². The van der Waals surface area contributed by atoms with E-state index in [1.807, 2.05) is 16.8 Å². The summed E-state index contributed by atoms with van der Waals surface area (Å²) in [4.78, 5) is 18.6. The van der Waals surface area contributed by atoms with Crippen molar-refractivity contribution >= 4 is 10.9 Å². The molecule has 1 aliphatic rings. The smallest absolute Gasteiger partial charge is 0.252 e. The van der Waals surface area contributed by atoms with Crippen molar-refractivity contribution in [2.24, 2.45) is 0 Å². The molecule has 1 saturated heterocycles. The molecule has 2 aromatic heterocycles. The molecule has 194 valence electrons. The lowest BCUT2D eigenvalue weighted by atomic mass is 10.0. The molecule has 5 rings (SSSR count). The Balaban J connectivity index is 1.44. The molecule has 8 heteroatoms. The van der Waals surface area contributed by atoms with E-state index < -0.39 is 0 Å². The minimum atomic E-state index is -0.0494. The van der Waals surface area contributed by atoms with E-state index in [1.165, 1.54) is 16.7 Å². The van der Waals surface area contributed by atoms with E-state index in [-0.39, 0.29) is 17.7 Å². The molecule has 2 atom stereocenters. The summed E-state index contributed by atoms with van der Waals surface area (Å²) in [7, 11) is 0. The van der Waals surface area contributed by atoms with Crippen LogP contribution in [0.2, 0.25) is 0 Å². The molecule has 8 nitrogen and oxygen atoms in total. The molecule has 0 radical (unpaired) electrons. The van der Waals surface area contributed by atoms with E-state index in [4.69, 9.17) is 4.74 Å². The van der Waals surface area contributed by atoms with Crippen LogP contribution in [0.1, 0.15) is 60.3 Å². The number of tetrazole rings is 1. The largest absolute Gasteiger partial charge is 0.377 e. The summed E-state index contributed by atoms with van der Waals surface area (Å²) >= 11 is 0. The van der Waals surface area contributed by atoms with Gasteiger partial charge in [0.05, 0.1) is 12.1 Å². The Morgan fingerprint density at radius 1 is 1.16 bits per heavy atom. The fourth-order valence-electron chi connectivity index (χ4n) is 5.30. The van der Waals surface area contributed by atoms with Gasteiger partial charge in [-0.25, -0.2) is 4.68 Å². The van der Waals surface area contributed by atoms with Crippen molar-refractivity contribution in [1.82, 2.24) is 30.1 Å². The predicted molar refractivity (Wildman–Crippen MR) is 144 cm³/mol. The van der Waals surface area contributed by atoms with E-state index in [9.17, 15) is 4.79 Å². The Morgan fingerprint density at radius 2 is 1.97 bits per heavy atom. The monoisotopic (exact) mass is 500 g/mol. The summed E-state index contributed by atoms with van der Waals surface area (Å²) in [6, 6.07) is 16.6. The lowest BCUT2D eigenvalue weighted by Crippen LogP contribution is -2.37. The standard InChI is InChI=1S/C29H36N6O2/c1-4-27(28-31-32-33-35(28)13-12-22-9-6-5-7-10-22)34(19-25-11-8-14-37-25)18-24-17-23-15-20(2)21(3)16-26(23)30-29(24)36/h5-7,9-10,15-17,25,27H,4,8,11-14,18-19H2,1-3H3,(H,30,36)/t25-,27-/m0/s1. The average molecular weight is 501 g/mol. The van der Waals surface area contributed by atoms with Gasteiger partial charge in [0.1, 0.15) is 0 Å². The van der Waals surface area contributed by atoms with Crippen molar-refractivity contribution < 1.29 is 4.74 Å². The summed E-state index contributed by atoms with van der Waals surface area (Å²) < 4.78 is 7.93. The molecule has 3 heterocycles. The number of ether oxygens (including phenoxy) is 1. The number of benzene rings is 2. The number of pyridine rings is 1. The predicted octanol–water partition coefficient (Wildman–Crippen LogP) is 4.51. The van der Waals surface area contributed by atoms with Gasteiger partial charge >= 0.3 is 0 Å². The third-order valence-electron chi connectivity index (χ3n) is 7.51. The third-order valence-corrected chi connectivity index (χ3v) is 7.51. The zero-order valence-electron chi connectivity index (χ0n) is 22.0. The van der Waals surface area contributed by atoms with Crippen molar-refractivity contribution in [3.05, 3.63) is 87.0 Å². The van der Waals surface area contributed by atoms with Crippen molar-refractivity contribution in [2.75, 3.05) is 13.2 Å². The molecule has 0 amide bonds. The second-order valence-electron chi connectivity index (χ2n) is 10.1. The molecule has 1 aliphatic heterocycles. The first kappa shape index (κ1) is 25.3. The van der Waals surface area contributed by atoms with Gasteiger partial charge in [-0.05, 0) is 90.2 Å². The summed E-state index contributed by atoms with van der Waals surface area (Å²) in [5.41, 5.74) is 5.21. The molecule has 37 heavy (non-hydrogen) atoms. The first-order valence-electron chi connectivity index (χ1n) is 13.3. The molecule has 1 fully saturated rings. The maximum Gasteiger partial charge on any atom is 0.252 e. The van der Waals surface area contributed by atoms with E-state index in [0.29, 0.717) is 13.1 Å². The van der Waals surface area contributed by atoms with Crippen LogP contribution in [0.5, 0.6) is 0 Å². The molecular weight excluding hydrogens is 464 g/mol. The molecule has 0 saturated carbocycles. The number of fused-ring (bicyclic) bond motifs is 1. The van der Waals surface area contributed by atoms with Gasteiger partial charge in [-0.3, -0.25) is 9.69 Å². The summed E-state index contributed by atoms with van der Waals surface area (Å²) in [6.07, 6.45) is 3.91. The highest BCUT2D eigenvalue weighted by molar-refractivity contribution is 5.80. The molecule has 1 N–H and O–H groups in total. The van der Waals surface area contributed by atoms with E-state index in [0.717, 1.165) is 61.1 Å². The normalized spacial score (nSPS) is 16.6. The van der Waals surface area contributed by atoms with Gasteiger partial charge in [0, 0.05) is 37.3 Å². The molecule has 0 bridgehead atoms. The lowest BCUT2D eigenvalue weighted by molar-refractivity contribution is 0.0488. The molecule has 4 aromatic rings. The van der Waals surface area contributed by atoms with E-state index in [2.05, 4.69) is 82.6 Å². The Labute approximate surface area is 217 Å². The number of aromatic nitrogens is 5. The van der Waals surface area contributed by atoms with Gasteiger partial charge in [0.15, 0.2) is 5.82 Å². The van der Waals surface area contributed by atoms with Crippen LogP contribution in [-0.4, -0.2) is 49.3 Å². The topological polar surface area (TPSA) is 88.9 Å². The number of aromatic amines is 1. The van der Waals surface area contributed by atoms with Gasteiger partial charge in [-0.15, -0.1) is 5.10 Å². The number of hydrogen-bond donors (Lipinski definition) is 1. The first-order valence-corrected chi connectivity index (χ1v) is 13.3. The Morgan fingerprint density at radius 3 is 2.73 bits per heavy atom. The van der Waals surface area contributed by atoms with Gasteiger partial charge in [0.2, 0.25) is 0 Å². The number of rotatable bonds is 10. The van der Waals surface area contributed by atoms with Crippen LogP contribution < -0.4 is 5.56 Å². The van der Waals surface area contributed by atoms with Crippen LogP contribution in [0.25, 0.3) is 10.9 Å². The number of hydrogen-bond acceptors (Lipinski definition) is 6. The number of nitrogens with one attached hydrogen (secondary N) is 1. The third kappa shape index (κ3) is 5.81. The minimum absolute atomic E-state index is 0.0372. The van der Waals surface area contributed by atoms with Crippen LogP contribution in [0.15, 0.2) is 53.3 Å².